The van der Waals surface area contributed by atoms with E-state index in [1.54, 1.807) is 0 Å². The van der Waals surface area contributed by atoms with Crippen LogP contribution in [0.1, 0.15) is 53.4 Å². The number of hydrogen-bond donors (Lipinski definition) is 1. The molecule has 0 amide bonds. The van der Waals surface area contributed by atoms with Gasteiger partial charge < -0.3 is 34.8 Å². The van der Waals surface area contributed by atoms with Gasteiger partial charge in [-0.1, -0.05) is 0 Å². The van der Waals surface area contributed by atoms with Crippen molar-refractivity contribution in [2.75, 3.05) is 0 Å². The second-order valence-electron chi connectivity index (χ2n) is 5.02. The number of carboxylic acids is 4. The van der Waals surface area contributed by atoms with E-state index >= 15 is 0 Å². The molecule has 0 atom stereocenters. The summed E-state index contributed by atoms with van der Waals surface area (Å²) in [7, 11) is 0. The monoisotopic (exact) mass is 432 g/mol. The first-order valence-electron chi connectivity index (χ1n) is 7.30. The van der Waals surface area contributed by atoms with E-state index in [0.717, 1.165) is 0 Å². The minimum absolute atomic E-state index is 0. The van der Waals surface area contributed by atoms with Crippen LogP contribution in [0.2, 0.25) is 0 Å². The van der Waals surface area contributed by atoms with Crippen molar-refractivity contribution in [2.24, 2.45) is 0 Å². The van der Waals surface area contributed by atoms with E-state index in [2.05, 4.69) is 0 Å². The van der Waals surface area contributed by atoms with Gasteiger partial charge in [-0.25, -0.2) is 0 Å². The van der Waals surface area contributed by atoms with Crippen molar-refractivity contribution in [3.05, 3.63) is 0 Å². The number of Topliss-reactive ketones (excluding diaryl/α,β-unsaturated/α-hetero) is 4. The van der Waals surface area contributed by atoms with E-state index in [-0.39, 0.29) is 46.9 Å². The van der Waals surface area contributed by atoms with Crippen LogP contribution >= 0.6 is 0 Å². The maximum absolute atomic E-state index is 9.87. The fourth-order valence-corrected chi connectivity index (χ4v) is 0.823. The minimum atomic E-state index is -1.31. The van der Waals surface area contributed by atoms with Crippen LogP contribution in [0.5, 0.6) is 0 Å². The maximum atomic E-state index is 9.87. The van der Waals surface area contributed by atoms with Crippen molar-refractivity contribution in [1.29, 1.82) is 0 Å². The standard InChI is InChI=1S/4C4H6O3.Al/c4*1-3(5)2-4(6)7;/h4*2H2,1H3,(H,6,7);/q;;;;+3/p-3. The Morgan fingerprint density at radius 3 is 0.690 bits per heavy atom. The first-order valence-corrected chi connectivity index (χ1v) is 7.30. The molecule has 0 saturated heterocycles. The normalized spacial score (nSPS) is 7.86. The largest absolute Gasteiger partial charge is 3.00 e. The van der Waals surface area contributed by atoms with Gasteiger partial charge in [0.05, 0.1) is 0 Å². The van der Waals surface area contributed by atoms with E-state index < -0.39 is 43.1 Å². The van der Waals surface area contributed by atoms with Gasteiger partial charge in [-0.3, -0.25) is 24.0 Å². The molecule has 0 heterocycles. The molecule has 1 N–H and O–H groups in total. The van der Waals surface area contributed by atoms with E-state index in [9.17, 15) is 53.7 Å². The summed E-state index contributed by atoms with van der Waals surface area (Å²) in [5.74, 6) is -6.44. The van der Waals surface area contributed by atoms with E-state index in [4.69, 9.17) is 5.11 Å². The first kappa shape index (κ1) is 36.9. The molecule has 13 heteroatoms. The molecule has 0 unspecified atom stereocenters. The molecule has 0 aliphatic rings. The van der Waals surface area contributed by atoms with Crippen LogP contribution in [0.25, 0.3) is 0 Å². The van der Waals surface area contributed by atoms with Crippen LogP contribution in [0.15, 0.2) is 0 Å². The van der Waals surface area contributed by atoms with Gasteiger partial charge >= 0.3 is 23.3 Å². The van der Waals surface area contributed by atoms with Gasteiger partial charge in [-0.15, -0.1) is 0 Å². The Labute approximate surface area is 177 Å². The number of rotatable bonds is 8. The third-order valence-electron chi connectivity index (χ3n) is 1.58. The number of ketones is 4. The second kappa shape index (κ2) is 23.1. The number of carbonyl (C=O) groups excluding carboxylic acids is 7. The van der Waals surface area contributed by atoms with Gasteiger partial charge in [0.25, 0.3) is 0 Å². The van der Waals surface area contributed by atoms with Gasteiger partial charge in [0.15, 0.2) is 0 Å². The third kappa shape index (κ3) is 78.1. The summed E-state index contributed by atoms with van der Waals surface area (Å²) in [5.41, 5.74) is 0. The zero-order valence-corrected chi connectivity index (χ0v) is 17.5. The Kier molecular flexibility index (Phi) is 29.5. The summed E-state index contributed by atoms with van der Waals surface area (Å²) in [5, 5.41) is 36.3. The topological polar surface area (TPSA) is 226 Å². The van der Waals surface area contributed by atoms with Crippen molar-refractivity contribution in [2.45, 2.75) is 53.4 Å². The van der Waals surface area contributed by atoms with Crippen molar-refractivity contribution >= 4 is 64.4 Å². The molecule has 0 radical (unpaired) electrons. The van der Waals surface area contributed by atoms with Crippen molar-refractivity contribution < 1.29 is 58.8 Å². The second-order valence-corrected chi connectivity index (χ2v) is 5.02. The van der Waals surface area contributed by atoms with E-state index in [1.807, 2.05) is 0 Å². The quantitative estimate of drug-likeness (QED) is 0.284. The fraction of sp³-hybridized carbons (Fsp3) is 0.500. The third-order valence-corrected chi connectivity index (χ3v) is 1.58. The number of carbonyl (C=O) groups is 8. The summed E-state index contributed by atoms with van der Waals surface area (Å²) >= 11 is 0. The number of hydrogen-bond acceptors (Lipinski definition) is 11. The van der Waals surface area contributed by atoms with Gasteiger partial charge in [0.2, 0.25) is 0 Å². The molecule has 0 fully saturated rings. The van der Waals surface area contributed by atoms with E-state index in [0.29, 0.717) is 0 Å². The average molecular weight is 432 g/mol. The molecule has 0 saturated carbocycles. The molecule has 0 aliphatic carbocycles. The minimum Gasteiger partial charge on any atom is -0.550 e. The first-order chi connectivity index (χ1) is 12.5. The molecule has 12 nitrogen and oxygen atoms in total. The molecule has 160 valence electrons. The molecule has 0 aliphatic heterocycles. The Morgan fingerprint density at radius 1 is 0.517 bits per heavy atom. The van der Waals surface area contributed by atoms with Crippen LogP contribution in [0, 0.1) is 0 Å². The zero-order valence-electron chi connectivity index (χ0n) is 16.3. The Bertz CT molecular complexity index is 443. The summed E-state index contributed by atoms with van der Waals surface area (Å²) in [6.45, 7) is 4.86. The number of carboxylic acid groups (broad SMARTS) is 4. The van der Waals surface area contributed by atoms with Crippen LogP contribution in [-0.2, 0) is 38.4 Å². The van der Waals surface area contributed by atoms with Gasteiger partial charge in [-0.2, -0.15) is 0 Å². The molecule has 0 aromatic heterocycles. The average Bonchev–Trinajstić information content (AvgIpc) is 2.32. The molecule has 0 rings (SSSR count). The smallest absolute Gasteiger partial charge is 0.550 e. The predicted octanol–water partition coefficient (Wildman–Crippen LogP) is -4.18. The summed E-state index contributed by atoms with van der Waals surface area (Å²) in [4.78, 5) is 77.4. The van der Waals surface area contributed by atoms with Crippen molar-refractivity contribution in [3.63, 3.8) is 0 Å². The van der Waals surface area contributed by atoms with Crippen LogP contribution < -0.4 is 15.3 Å². The molecule has 0 bridgehead atoms. The molecular formula is C16H21AlO12. The maximum Gasteiger partial charge on any atom is 3.00 e. The van der Waals surface area contributed by atoms with Crippen LogP contribution in [-0.4, -0.2) is 69.5 Å². The summed E-state index contributed by atoms with van der Waals surface area (Å²) < 4.78 is 0. The van der Waals surface area contributed by atoms with Crippen LogP contribution in [0.4, 0.5) is 0 Å². The van der Waals surface area contributed by atoms with E-state index in [1.165, 1.54) is 27.7 Å². The molecular weight excluding hydrogens is 411 g/mol. The Morgan fingerprint density at radius 2 is 0.690 bits per heavy atom. The molecule has 29 heavy (non-hydrogen) atoms. The van der Waals surface area contributed by atoms with Crippen LogP contribution in [0.3, 0.4) is 0 Å². The number of aliphatic carboxylic acids is 4. The van der Waals surface area contributed by atoms with Gasteiger partial charge in [0, 0.05) is 37.2 Å². The Balaban J connectivity index is -0.0000000873. The Hall–Kier alpha value is -2.91. The summed E-state index contributed by atoms with van der Waals surface area (Å²) in [6, 6.07) is 0. The van der Waals surface area contributed by atoms with Gasteiger partial charge in [-0.05, 0) is 27.7 Å². The van der Waals surface area contributed by atoms with Crippen molar-refractivity contribution in [1.82, 2.24) is 0 Å². The molecule has 0 aromatic carbocycles. The zero-order chi connectivity index (χ0) is 23.4. The van der Waals surface area contributed by atoms with Gasteiger partial charge in [0.1, 0.15) is 29.6 Å². The predicted molar refractivity (Wildman–Crippen MR) is 89.6 cm³/mol. The summed E-state index contributed by atoms with van der Waals surface area (Å²) in [6.07, 6.45) is -1.78. The van der Waals surface area contributed by atoms with Crippen molar-refractivity contribution in [3.8, 4) is 0 Å². The molecule has 0 spiro atoms. The molecule has 0 aromatic rings. The fourth-order valence-electron chi connectivity index (χ4n) is 0.823. The SMILES string of the molecule is CC(=O)CC(=O)O.CC(=O)CC(=O)[O-].CC(=O)CC(=O)[O-].CC(=O)CC(=O)[O-].[Al+3].